The van der Waals surface area contributed by atoms with Crippen molar-refractivity contribution in [1.82, 2.24) is 4.98 Å². The molecule has 1 aromatic heterocycles. The summed E-state index contributed by atoms with van der Waals surface area (Å²) in [5, 5.41) is 2.57. The number of hydrogen-bond donors (Lipinski definition) is 0. The molecule has 3 aromatic rings. The third kappa shape index (κ3) is 3.43. The highest BCUT2D eigenvalue weighted by atomic mass is 15.1. The van der Waals surface area contributed by atoms with Crippen LogP contribution in [0.3, 0.4) is 0 Å². The van der Waals surface area contributed by atoms with Gasteiger partial charge in [0.15, 0.2) is 0 Å². The van der Waals surface area contributed by atoms with Crippen molar-refractivity contribution < 1.29 is 0 Å². The number of fused-ring (bicyclic) bond motifs is 2. The van der Waals surface area contributed by atoms with Gasteiger partial charge in [-0.05, 0) is 90.1 Å². The maximum absolute atomic E-state index is 4.33. The van der Waals surface area contributed by atoms with Gasteiger partial charge in [0.1, 0.15) is 0 Å². The van der Waals surface area contributed by atoms with Crippen LogP contribution in [0.2, 0.25) is 0 Å². The normalized spacial score (nSPS) is 27.4. The first-order valence-electron chi connectivity index (χ1n) is 11.3. The fourth-order valence-corrected chi connectivity index (χ4v) is 5.98. The monoisotopic (exact) mass is 396 g/mol. The van der Waals surface area contributed by atoms with E-state index >= 15 is 0 Å². The zero-order valence-corrected chi connectivity index (χ0v) is 18.4. The molecule has 154 valence electrons. The van der Waals surface area contributed by atoms with Crippen LogP contribution in [0.25, 0.3) is 16.8 Å². The zero-order valence-electron chi connectivity index (χ0n) is 18.4. The molecule has 0 N–H and O–H groups in total. The largest absolute Gasteiger partial charge is 0.378 e. The molecule has 2 saturated carbocycles. The lowest BCUT2D eigenvalue weighted by molar-refractivity contribution is 0.159. The molecule has 2 fully saturated rings. The number of nitrogens with zero attached hydrogens (tertiary/aromatic N) is 2. The van der Waals surface area contributed by atoms with Gasteiger partial charge in [0.25, 0.3) is 0 Å². The van der Waals surface area contributed by atoms with Crippen LogP contribution >= 0.6 is 0 Å². The third-order valence-corrected chi connectivity index (χ3v) is 7.87. The van der Waals surface area contributed by atoms with Crippen LogP contribution in [-0.2, 0) is 0 Å². The first kappa shape index (κ1) is 19.4. The average molecular weight is 397 g/mol. The van der Waals surface area contributed by atoms with Crippen molar-refractivity contribution in [3.63, 3.8) is 0 Å². The Bertz CT molecular complexity index is 1080. The molecule has 0 unspecified atom stereocenters. The fourth-order valence-electron chi connectivity index (χ4n) is 5.98. The van der Waals surface area contributed by atoms with Gasteiger partial charge in [0, 0.05) is 37.6 Å². The Morgan fingerprint density at radius 3 is 2.63 bits per heavy atom. The Balaban J connectivity index is 1.36. The van der Waals surface area contributed by atoms with Crippen LogP contribution in [0.5, 0.6) is 0 Å². The minimum atomic E-state index is 0.419. The van der Waals surface area contributed by atoms with Gasteiger partial charge in [-0.3, -0.25) is 4.98 Å². The van der Waals surface area contributed by atoms with E-state index in [4.69, 9.17) is 0 Å². The van der Waals surface area contributed by atoms with Crippen molar-refractivity contribution in [3.05, 3.63) is 77.6 Å². The van der Waals surface area contributed by atoms with Gasteiger partial charge in [-0.25, -0.2) is 0 Å². The first-order valence-corrected chi connectivity index (χ1v) is 11.3. The van der Waals surface area contributed by atoms with Gasteiger partial charge in [-0.1, -0.05) is 42.8 Å². The first-order chi connectivity index (χ1) is 14.5. The van der Waals surface area contributed by atoms with E-state index < -0.39 is 0 Å². The van der Waals surface area contributed by atoms with Crippen LogP contribution in [0.4, 0.5) is 5.69 Å². The summed E-state index contributed by atoms with van der Waals surface area (Å²) in [7, 11) is 4.19. The summed E-state index contributed by atoms with van der Waals surface area (Å²) in [6.45, 7) is 2.56. The summed E-state index contributed by atoms with van der Waals surface area (Å²) in [5.74, 6) is 1.47. The standard InChI is InChI=1S/C28H32N2/c1-28-14-12-21(16-20-4-9-26(10-5-20)30(2)3)17-25(28)8-11-27(28)23-7-6-22-13-15-29-19-24(22)18-23/h4-7,9-10,13,15-16,18-19,25,27H,8,11-12,14,17H2,1-3H3/b21-16-/t25-,27+,28-/m0/s1. The lowest BCUT2D eigenvalue weighted by Crippen LogP contribution is -2.31. The van der Waals surface area contributed by atoms with E-state index in [-0.39, 0.29) is 0 Å². The number of allylic oxidation sites excluding steroid dienone is 1. The molecule has 3 atom stereocenters. The predicted molar refractivity (Wildman–Crippen MR) is 128 cm³/mol. The molecule has 2 aromatic carbocycles. The number of benzene rings is 2. The van der Waals surface area contributed by atoms with Gasteiger partial charge in [0.2, 0.25) is 0 Å². The SMILES string of the molecule is CN(C)c1ccc(/C=C2/CC[C@@]3(C)[C@@H](CC[C@@H]3c3ccc4ccncc4c3)C2)cc1. The van der Waals surface area contributed by atoms with Crippen molar-refractivity contribution in [2.75, 3.05) is 19.0 Å². The van der Waals surface area contributed by atoms with Crippen molar-refractivity contribution >= 4 is 22.5 Å². The molecule has 1 heterocycles. The minimum absolute atomic E-state index is 0.419. The highest BCUT2D eigenvalue weighted by Gasteiger charge is 2.48. The Hall–Kier alpha value is -2.61. The van der Waals surface area contributed by atoms with E-state index in [9.17, 15) is 0 Å². The molecule has 0 amide bonds. The molecule has 0 aliphatic heterocycles. The minimum Gasteiger partial charge on any atom is -0.378 e. The smallest absolute Gasteiger partial charge is 0.0361 e. The maximum Gasteiger partial charge on any atom is 0.0361 e. The Morgan fingerprint density at radius 2 is 1.83 bits per heavy atom. The number of anilines is 1. The predicted octanol–water partition coefficient (Wildman–Crippen LogP) is 7.07. The lowest BCUT2D eigenvalue weighted by Gasteiger charge is -2.42. The van der Waals surface area contributed by atoms with Gasteiger partial charge < -0.3 is 4.90 Å². The highest BCUT2D eigenvalue weighted by Crippen LogP contribution is 2.60. The van der Waals surface area contributed by atoms with Crippen molar-refractivity contribution in [2.45, 2.75) is 44.9 Å². The summed E-state index contributed by atoms with van der Waals surface area (Å²) in [6, 6.07) is 18.1. The van der Waals surface area contributed by atoms with E-state index in [0.29, 0.717) is 11.3 Å². The summed E-state index contributed by atoms with van der Waals surface area (Å²) < 4.78 is 0. The Labute approximate surface area is 180 Å². The molecular formula is C28H32N2. The zero-order chi connectivity index (χ0) is 20.7. The van der Waals surface area contributed by atoms with Gasteiger partial charge in [-0.15, -0.1) is 0 Å². The second-order valence-electron chi connectivity index (χ2n) is 9.81. The highest BCUT2D eigenvalue weighted by molar-refractivity contribution is 5.82. The molecule has 0 saturated heterocycles. The Kier molecular flexibility index (Phi) is 4.89. The van der Waals surface area contributed by atoms with E-state index in [2.05, 4.69) is 85.5 Å². The molecule has 5 rings (SSSR count). The van der Waals surface area contributed by atoms with Crippen LogP contribution in [0.1, 0.15) is 56.1 Å². The molecule has 30 heavy (non-hydrogen) atoms. The molecule has 2 aliphatic rings. The second-order valence-corrected chi connectivity index (χ2v) is 9.81. The summed E-state index contributed by atoms with van der Waals surface area (Å²) in [6.07, 6.45) is 12.8. The number of aromatic nitrogens is 1. The van der Waals surface area contributed by atoms with Crippen LogP contribution in [0, 0.1) is 11.3 Å². The summed E-state index contributed by atoms with van der Waals surface area (Å²) >= 11 is 0. The summed E-state index contributed by atoms with van der Waals surface area (Å²) in [5.41, 5.74) is 6.18. The van der Waals surface area contributed by atoms with Gasteiger partial charge in [-0.2, -0.15) is 0 Å². The van der Waals surface area contributed by atoms with E-state index in [0.717, 1.165) is 5.92 Å². The molecule has 0 spiro atoms. The number of rotatable bonds is 3. The van der Waals surface area contributed by atoms with E-state index in [1.54, 1.807) is 5.57 Å². The average Bonchev–Trinajstić information content (AvgIpc) is 3.10. The van der Waals surface area contributed by atoms with Crippen LogP contribution in [0.15, 0.2) is 66.5 Å². The van der Waals surface area contributed by atoms with Crippen LogP contribution in [-0.4, -0.2) is 19.1 Å². The van der Waals surface area contributed by atoms with Crippen molar-refractivity contribution in [3.8, 4) is 0 Å². The van der Waals surface area contributed by atoms with Crippen LogP contribution < -0.4 is 4.90 Å². The lowest BCUT2D eigenvalue weighted by atomic mass is 9.63. The molecular weight excluding hydrogens is 364 g/mol. The molecule has 2 aliphatic carbocycles. The number of hydrogen-bond acceptors (Lipinski definition) is 2. The van der Waals surface area contributed by atoms with E-state index in [1.165, 1.54) is 59.7 Å². The molecule has 2 nitrogen and oxygen atoms in total. The van der Waals surface area contributed by atoms with Gasteiger partial charge in [0.05, 0.1) is 0 Å². The molecule has 2 heteroatoms. The van der Waals surface area contributed by atoms with Crippen molar-refractivity contribution in [2.24, 2.45) is 11.3 Å². The van der Waals surface area contributed by atoms with E-state index in [1.807, 2.05) is 12.4 Å². The second kappa shape index (κ2) is 7.58. The topological polar surface area (TPSA) is 16.1 Å². The Morgan fingerprint density at radius 1 is 1.00 bits per heavy atom. The maximum atomic E-state index is 4.33. The fraction of sp³-hybridized carbons (Fsp3) is 0.393. The quantitative estimate of drug-likeness (QED) is 0.471. The molecule has 0 bridgehead atoms. The summed E-state index contributed by atoms with van der Waals surface area (Å²) in [4.78, 5) is 6.49. The number of pyridine rings is 1. The van der Waals surface area contributed by atoms with Crippen molar-refractivity contribution in [1.29, 1.82) is 0 Å². The van der Waals surface area contributed by atoms with Gasteiger partial charge >= 0.3 is 0 Å². The molecule has 0 radical (unpaired) electrons. The third-order valence-electron chi connectivity index (χ3n) is 7.87.